The average Bonchev–Trinajstić information content (AvgIpc) is 2.95. The first kappa shape index (κ1) is 18.1. The monoisotopic (exact) mass is 340 g/mol. The maximum atomic E-state index is 13.0. The van der Waals surface area contributed by atoms with Gasteiger partial charge >= 0.3 is 12.4 Å². The summed E-state index contributed by atoms with van der Waals surface area (Å²) in [5, 5.41) is 3.04. The van der Waals surface area contributed by atoms with Crippen molar-refractivity contribution in [2.75, 3.05) is 19.6 Å². The van der Waals surface area contributed by atoms with Crippen LogP contribution in [0.1, 0.15) is 24.0 Å². The SMILES string of the molecule is FC(F)(F)CCN(Cc1ccccc1C(F)(F)F)[C@H]1CCNC1. The normalized spacial score (nSPS) is 19.5. The minimum absolute atomic E-state index is 0.00840. The molecule has 0 bridgehead atoms. The molecule has 1 N–H and O–H groups in total. The molecule has 1 saturated heterocycles. The first-order chi connectivity index (χ1) is 10.7. The first-order valence-electron chi connectivity index (χ1n) is 7.33. The van der Waals surface area contributed by atoms with Gasteiger partial charge in [-0.05, 0) is 24.6 Å². The summed E-state index contributed by atoms with van der Waals surface area (Å²) in [6, 6.07) is 4.86. The lowest BCUT2D eigenvalue weighted by atomic mass is 10.0. The molecule has 8 heteroatoms. The Kier molecular flexibility index (Phi) is 5.57. The summed E-state index contributed by atoms with van der Waals surface area (Å²) in [4.78, 5) is 1.50. The number of alkyl halides is 6. The van der Waals surface area contributed by atoms with E-state index >= 15 is 0 Å². The molecule has 1 fully saturated rings. The van der Waals surface area contributed by atoms with Gasteiger partial charge in [0.05, 0.1) is 12.0 Å². The van der Waals surface area contributed by atoms with E-state index in [1.807, 2.05) is 0 Å². The molecular formula is C15H18F6N2. The number of nitrogens with one attached hydrogen (secondary N) is 1. The molecule has 0 radical (unpaired) electrons. The smallest absolute Gasteiger partial charge is 0.315 e. The summed E-state index contributed by atoms with van der Waals surface area (Å²) in [5.41, 5.74) is -0.781. The highest BCUT2D eigenvalue weighted by molar-refractivity contribution is 5.29. The Labute approximate surface area is 130 Å². The van der Waals surface area contributed by atoms with Gasteiger partial charge in [0.2, 0.25) is 0 Å². The first-order valence-corrected chi connectivity index (χ1v) is 7.33. The fourth-order valence-corrected chi connectivity index (χ4v) is 2.77. The Hall–Kier alpha value is -1.28. The van der Waals surface area contributed by atoms with Gasteiger partial charge < -0.3 is 5.32 Å². The zero-order chi connectivity index (χ0) is 17.1. The second-order valence-electron chi connectivity index (χ2n) is 5.64. The molecule has 1 aromatic rings. The van der Waals surface area contributed by atoms with E-state index in [-0.39, 0.29) is 24.7 Å². The molecule has 1 aliphatic rings. The predicted molar refractivity (Wildman–Crippen MR) is 73.8 cm³/mol. The van der Waals surface area contributed by atoms with Crippen LogP contribution in [-0.2, 0) is 12.7 Å². The van der Waals surface area contributed by atoms with Crippen LogP contribution in [0.3, 0.4) is 0 Å². The summed E-state index contributed by atoms with van der Waals surface area (Å²) in [5.74, 6) is 0. The lowest BCUT2D eigenvalue weighted by Gasteiger charge is -2.29. The van der Waals surface area contributed by atoms with Crippen molar-refractivity contribution >= 4 is 0 Å². The van der Waals surface area contributed by atoms with Crippen LogP contribution in [-0.4, -0.2) is 36.8 Å². The molecule has 0 spiro atoms. The molecule has 0 unspecified atom stereocenters. The lowest BCUT2D eigenvalue weighted by molar-refractivity contribution is -0.142. The zero-order valence-corrected chi connectivity index (χ0v) is 12.3. The van der Waals surface area contributed by atoms with E-state index in [4.69, 9.17) is 0 Å². The number of benzene rings is 1. The van der Waals surface area contributed by atoms with Crippen molar-refractivity contribution in [3.05, 3.63) is 35.4 Å². The highest BCUT2D eigenvalue weighted by atomic mass is 19.4. The van der Waals surface area contributed by atoms with Gasteiger partial charge in [-0.1, -0.05) is 18.2 Å². The van der Waals surface area contributed by atoms with Crippen LogP contribution in [0.25, 0.3) is 0 Å². The largest absolute Gasteiger partial charge is 0.416 e. The topological polar surface area (TPSA) is 15.3 Å². The molecule has 0 saturated carbocycles. The van der Waals surface area contributed by atoms with Crippen LogP contribution in [0.15, 0.2) is 24.3 Å². The molecular weight excluding hydrogens is 322 g/mol. The van der Waals surface area contributed by atoms with E-state index in [1.165, 1.54) is 23.1 Å². The number of hydrogen-bond donors (Lipinski definition) is 1. The Balaban J connectivity index is 2.17. The minimum Gasteiger partial charge on any atom is -0.315 e. The van der Waals surface area contributed by atoms with Crippen molar-refractivity contribution in [2.45, 2.75) is 37.8 Å². The highest BCUT2D eigenvalue weighted by Crippen LogP contribution is 2.33. The van der Waals surface area contributed by atoms with Gasteiger partial charge in [0, 0.05) is 25.7 Å². The quantitative estimate of drug-likeness (QED) is 0.820. The molecule has 23 heavy (non-hydrogen) atoms. The second-order valence-corrected chi connectivity index (χ2v) is 5.64. The fourth-order valence-electron chi connectivity index (χ4n) is 2.77. The van der Waals surface area contributed by atoms with Crippen LogP contribution in [0.4, 0.5) is 26.3 Å². The lowest BCUT2D eigenvalue weighted by Crippen LogP contribution is -2.39. The summed E-state index contributed by atoms with van der Waals surface area (Å²) < 4.78 is 76.6. The standard InChI is InChI=1S/C15H18F6N2/c16-14(17,18)6-8-23(12-5-7-22-9-12)10-11-3-1-2-4-13(11)15(19,20)21/h1-4,12,22H,5-10H2/t12-/m0/s1. The van der Waals surface area contributed by atoms with Crippen LogP contribution < -0.4 is 5.32 Å². The van der Waals surface area contributed by atoms with Crippen molar-refractivity contribution in [3.8, 4) is 0 Å². The summed E-state index contributed by atoms with van der Waals surface area (Å²) in [6.07, 6.45) is -9.24. The van der Waals surface area contributed by atoms with Gasteiger partial charge in [-0.15, -0.1) is 0 Å². The van der Waals surface area contributed by atoms with E-state index in [9.17, 15) is 26.3 Å². The van der Waals surface area contributed by atoms with E-state index in [0.29, 0.717) is 19.5 Å². The van der Waals surface area contributed by atoms with Gasteiger partial charge in [-0.25, -0.2) is 0 Å². The summed E-state index contributed by atoms with van der Waals surface area (Å²) in [7, 11) is 0. The minimum atomic E-state index is -4.51. The van der Waals surface area contributed by atoms with Crippen molar-refractivity contribution in [1.29, 1.82) is 0 Å². The third-order valence-electron chi connectivity index (χ3n) is 3.93. The molecule has 1 aromatic carbocycles. The van der Waals surface area contributed by atoms with Crippen molar-refractivity contribution in [2.24, 2.45) is 0 Å². The summed E-state index contributed by atoms with van der Waals surface area (Å²) in [6.45, 7) is 0.709. The number of hydrogen-bond acceptors (Lipinski definition) is 2. The molecule has 2 rings (SSSR count). The fraction of sp³-hybridized carbons (Fsp3) is 0.600. The van der Waals surface area contributed by atoms with Crippen LogP contribution in [0, 0.1) is 0 Å². The highest BCUT2D eigenvalue weighted by Gasteiger charge is 2.35. The third-order valence-corrected chi connectivity index (χ3v) is 3.93. The predicted octanol–water partition coefficient (Wildman–Crippen LogP) is 3.82. The maximum Gasteiger partial charge on any atom is 0.416 e. The molecule has 2 nitrogen and oxygen atoms in total. The van der Waals surface area contributed by atoms with Gasteiger partial charge in [-0.2, -0.15) is 26.3 Å². The van der Waals surface area contributed by atoms with Crippen LogP contribution in [0.5, 0.6) is 0 Å². The molecule has 1 atom stereocenters. The van der Waals surface area contributed by atoms with Gasteiger partial charge in [0.15, 0.2) is 0 Å². The molecule has 0 aromatic heterocycles. The van der Waals surface area contributed by atoms with E-state index in [0.717, 1.165) is 6.07 Å². The van der Waals surface area contributed by atoms with E-state index < -0.39 is 24.3 Å². The van der Waals surface area contributed by atoms with Gasteiger partial charge in [0.25, 0.3) is 0 Å². The number of rotatable bonds is 5. The van der Waals surface area contributed by atoms with Crippen molar-refractivity contribution < 1.29 is 26.3 Å². The van der Waals surface area contributed by atoms with Crippen molar-refractivity contribution in [1.82, 2.24) is 10.2 Å². The zero-order valence-electron chi connectivity index (χ0n) is 12.3. The van der Waals surface area contributed by atoms with Gasteiger partial charge in [-0.3, -0.25) is 4.90 Å². The number of nitrogens with zero attached hydrogens (tertiary/aromatic N) is 1. The Morgan fingerprint density at radius 3 is 2.35 bits per heavy atom. The molecule has 0 amide bonds. The van der Waals surface area contributed by atoms with Crippen LogP contribution >= 0.6 is 0 Å². The maximum absolute atomic E-state index is 13.0. The van der Waals surface area contributed by atoms with Crippen molar-refractivity contribution in [3.63, 3.8) is 0 Å². The number of halogens is 6. The molecule has 0 aliphatic carbocycles. The average molecular weight is 340 g/mol. The van der Waals surface area contributed by atoms with Gasteiger partial charge in [0.1, 0.15) is 0 Å². The second kappa shape index (κ2) is 7.09. The Morgan fingerprint density at radius 1 is 1.09 bits per heavy atom. The molecule has 1 heterocycles. The Morgan fingerprint density at radius 2 is 1.78 bits per heavy atom. The molecule has 130 valence electrons. The van der Waals surface area contributed by atoms with E-state index in [1.54, 1.807) is 0 Å². The third kappa shape index (κ3) is 5.39. The molecule has 1 aliphatic heterocycles. The van der Waals surface area contributed by atoms with Crippen LogP contribution in [0.2, 0.25) is 0 Å². The summed E-state index contributed by atoms with van der Waals surface area (Å²) >= 11 is 0. The Bertz CT molecular complexity index is 505. The van der Waals surface area contributed by atoms with E-state index in [2.05, 4.69) is 5.32 Å².